The molecule has 3 N–H and O–H groups in total. The minimum atomic E-state index is -1.09. The number of carboxylic acid groups (broad SMARTS) is 1. The second-order valence-corrected chi connectivity index (χ2v) is 7.02. The van der Waals surface area contributed by atoms with Crippen LogP contribution >= 0.6 is 0 Å². The summed E-state index contributed by atoms with van der Waals surface area (Å²) in [6.45, 7) is 3.90. The van der Waals surface area contributed by atoms with Crippen LogP contribution in [-0.4, -0.2) is 29.4 Å². The summed E-state index contributed by atoms with van der Waals surface area (Å²) in [7, 11) is 0. The lowest BCUT2D eigenvalue weighted by atomic mass is 10.0. The molecule has 6 nitrogen and oxygen atoms in total. The van der Waals surface area contributed by atoms with Crippen LogP contribution in [0.1, 0.15) is 42.9 Å². The molecule has 0 bridgehead atoms. The molecule has 0 aliphatic heterocycles. The molecule has 0 aliphatic carbocycles. The van der Waals surface area contributed by atoms with Crippen molar-refractivity contribution in [3.63, 3.8) is 0 Å². The lowest BCUT2D eigenvalue weighted by Gasteiger charge is -2.06. The van der Waals surface area contributed by atoms with Crippen LogP contribution in [0.3, 0.4) is 0 Å². The Morgan fingerprint density at radius 1 is 0.966 bits per heavy atom. The molecule has 0 saturated carbocycles. The maximum absolute atomic E-state index is 12.1. The van der Waals surface area contributed by atoms with Gasteiger partial charge in [-0.3, -0.25) is 14.4 Å². The van der Waals surface area contributed by atoms with Gasteiger partial charge in [0.1, 0.15) is 6.54 Å². The van der Waals surface area contributed by atoms with Crippen molar-refractivity contribution in [2.24, 2.45) is 0 Å². The fourth-order valence-corrected chi connectivity index (χ4v) is 2.63. The SMILES string of the molecule is CC(C)c1ccc(/C=C/CC(=O)Nc2ccc(CC(=O)NCC(=O)O)cc2)cc1. The zero-order valence-electron chi connectivity index (χ0n) is 16.6. The Kier molecular flexibility index (Phi) is 8.15. The predicted molar refractivity (Wildman–Crippen MR) is 114 cm³/mol. The molecule has 152 valence electrons. The summed E-state index contributed by atoms with van der Waals surface area (Å²) in [4.78, 5) is 34.1. The number of anilines is 1. The van der Waals surface area contributed by atoms with Gasteiger partial charge in [0.05, 0.1) is 6.42 Å². The van der Waals surface area contributed by atoms with Crippen molar-refractivity contribution < 1.29 is 19.5 Å². The normalized spacial score (nSPS) is 10.9. The monoisotopic (exact) mass is 394 g/mol. The summed E-state index contributed by atoms with van der Waals surface area (Å²) in [5.74, 6) is -1.09. The first kappa shape index (κ1) is 21.9. The van der Waals surface area contributed by atoms with Gasteiger partial charge >= 0.3 is 5.97 Å². The summed E-state index contributed by atoms with van der Waals surface area (Å²) in [5.41, 5.74) is 3.70. The fraction of sp³-hybridized carbons (Fsp3) is 0.261. The Balaban J connectivity index is 1.79. The van der Waals surface area contributed by atoms with E-state index in [9.17, 15) is 14.4 Å². The molecule has 0 aliphatic rings. The first-order valence-electron chi connectivity index (χ1n) is 9.47. The number of nitrogens with one attached hydrogen (secondary N) is 2. The first-order valence-corrected chi connectivity index (χ1v) is 9.47. The summed E-state index contributed by atoms with van der Waals surface area (Å²) in [5, 5.41) is 13.7. The third kappa shape index (κ3) is 8.01. The number of aliphatic carboxylic acids is 1. The molecule has 6 heteroatoms. The third-order valence-electron chi connectivity index (χ3n) is 4.26. The van der Waals surface area contributed by atoms with Crippen LogP contribution in [0.15, 0.2) is 54.6 Å². The average Bonchev–Trinajstić information content (AvgIpc) is 2.68. The largest absolute Gasteiger partial charge is 0.480 e. The van der Waals surface area contributed by atoms with Gasteiger partial charge in [0, 0.05) is 12.1 Å². The fourth-order valence-electron chi connectivity index (χ4n) is 2.63. The molecule has 2 aromatic carbocycles. The number of carbonyl (C=O) groups is 3. The molecule has 2 rings (SSSR count). The third-order valence-corrected chi connectivity index (χ3v) is 4.26. The molecule has 0 spiro atoms. The summed E-state index contributed by atoms with van der Waals surface area (Å²) >= 11 is 0. The standard InChI is InChI=1S/C23H26N2O4/c1-16(2)19-10-6-17(7-11-19)4-3-5-21(26)25-20-12-8-18(9-13-20)14-22(27)24-15-23(28)29/h3-4,6-13,16H,5,14-15H2,1-2H3,(H,24,27)(H,25,26)(H,28,29)/b4-3+. The topological polar surface area (TPSA) is 95.5 Å². The van der Waals surface area contributed by atoms with E-state index in [2.05, 4.69) is 36.6 Å². The van der Waals surface area contributed by atoms with Crippen LogP contribution in [0.4, 0.5) is 5.69 Å². The van der Waals surface area contributed by atoms with Gasteiger partial charge < -0.3 is 15.7 Å². The number of carbonyl (C=O) groups excluding carboxylic acids is 2. The summed E-state index contributed by atoms with van der Waals surface area (Å²) < 4.78 is 0. The van der Waals surface area contributed by atoms with Crippen molar-refractivity contribution >= 4 is 29.5 Å². The van der Waals surface area contributed by atoms with E-state index in [1.807, 2.05) is 24.3 Å². The number of rotatable bonds is 9. The zero-order valence-corrected chi connectivity index (χ0v) is 16.6. The van der Waals surface area contributed by atoms with Crippen LogP contribution in [0, 0.1) is 0 Å². The molecule has 0 atom stereocenters. The number of hydrogen-bond donors (Lipinski definition) is 3. The highest BCUT2D eigenvalue weighted by Crippen LogP contribution is 2.15. The highest BCUT2D eigenvalue weighted by molar-refractivity contribution is 5.92. The van der Waals surface area contributed by atoms with Crippen LogP contribution in [0.25, 0.3) is 6.08 Å². The molecule has 0 aromatic heterocycles. The number of carboxylic acids is 1. The lowest BCUT2D eigenvalue weighted by molar-refractivity contribution is -0.137. The van der Waals surface area contributed by atoms with Gasteiger partial charge in [-0.1, -0.05) is 62.4 Å². The Morgan fingerprint density at radius 3 is 2.21 bits per heavy atom. The quantitative estimate of drug-likeness (QED) is 0.606. The Hall–Kier alpha value is -3.41. The van der Waals surface area contributed by atoms with E-state index in [1.54, 1.807) is 24.3 Å². The smallest absolute Gasteiger partial charge is 0.322 e. The van der Waals surface area contributed by atoms with Crippen molar-refractivity contribution in [2.75, 3.05) is 11.9 Å². The Bertz CT molecular complexity index is 869. The van der Waals surface area contributed by atoms with Crippen molar-refractivity contribution in [2.45, 2.75) is 32.6 Å². The molecular weight excluding hydrogens is 368 g/mol. The maximum Gasteiger partial charge on any atom is 0.322 e. The molecule has 0 radical (unpaired) electrons. The predicted octanol–water partition coefficient (Wildman–Crippen LogP) is 3.60. The van der Waals surface area contributed by atoms with Gasteiger partial charge in [0.15, 0.2) is 0 Å². The van der Waals surface area contributed by atoms with Gasteiger partial charge in [-0.25, -0.2) is 0 Å². The second-order valence-electron chi connectivity index (χ2n) is 7.02. The minimum Gasteiger partial charge on any atom is -0.480 e. The van der Waals surface area contributed by atoms with E-state index in [-0.39, 0.29) is 24.7 Å². The highest BCUT2D eigenvalue weighted by Gasteiger charge is 2.06. The number of hydrogen-bond acceptors (Lipinski definition) is 3. The first-order chi connectivity index (χ1) is 13.8. The van der Waals surface area contributed by atoms with Crippen LogP contribution in [0.5, 0.6) is 0 Å². The molecule has 0 saturated heterocycles. The van der Waals surface area contributed by atoms with Gasteiger partial charge in [0.2, 0.25) is 11.8 Å². The summed E-state index contributed by atoms with van der Waals surface area (Å²) in [6.07, 6.45) is 4.08. The zero-order chi connectivity index (χ0) is 21.2. The Morgan fingerprint density at radius 2 is 1.62 bits per heavy atom. The van der Waals surface area contributed by atoms with Gasteiger partial charge in [-0.2, -0.15) is 0 Å². The molecule has 0 unspecified atom stereocenters. The van der Waals surface area contributed by atoms with E-state index >= 15 is 0 Å². The van der Waals surface area contributed by atoms with E-state index < -0.39 is 12.5 Å². The van der Waals surface area contributed by atoms with Crippen LogP contribution < -0.4 is 10.6 Å². The van der Waals surface area contributed by atoms with E-state index in [0.29, 0.717) is 11.6 Å². The van der Waals surface area contributed by atoms with Crippen molar-refractivity contribution in [3.8, 4) is 0 Å². The van der Waals surface area contributed by atoms with Crippen LogP contribution in [0.2, 0.25) is 0 Å². The van der Waals surface area contributed by atoms with Gasteiger partial charge in [-0.15, -0.1) is 0 Å². The summed E-state index contributed by atoms with van der Waals surface area (Å²) in [6, 6.07) is 15.1. The molecule has 0 fully saturated rings. The van der Waals surface area contributed by atoms with Crippen molar-refractivity contribution in [3.05, 3.63) is 71.3 Å². The minimum absolute atomic E-state index is 0.0832. The van der Waals surface area contributed by atoms with E-state index in [1.165, 1.54) is 5.56 Å². The number of amides is 2. The van der Waals surface area contributed by atoms with Gasteiger partial charge in [-0.05, 0) is 34.7 Å². The molecule has 2 amide bonds. The molecule has 0 heterocycles. The maximum atomic E-state index is 12.1. The second kappa shape index (κ2) is 10.8. The average molecular weight is 394 g/mol. The molecular formula is C23H26N2O4. The highest BCUT2D eigenvalue weighted by atomic mass is 16.4. The van der Waals surface area contributed by atoms with E-state index in [4.69, 9.17) is 5.11 Å². The Labute approximate surface area is 170 Å². The van der Waals surface area contributed by atoms with E-state index in [0.717, 1.165) is 11.1 Å². The van der Waals surface area contributed by atoms with Gasteiger partial charge in [0.25, 0.3) is 0 Å². The lowest BCUT2D eigenvalue weighted by Crippen LogP contribution is -2.30. The molecule has 2 aromatic rings. The molecule has 29 heavy (non-hydrogen) atoms. The van der Waals surface area contributed by atoms with Crippen LogP contribution in [-0.2, 0) is 20.8 Å². The number of benzene rings is 2. The van der Waals surface area contributed by atoms with Crippen molar-refractivity contribution in [1.29, 1.82) is 0 Å². The van der Waals surface area contributed by atoms with Crippen molar-refractivity contribution in [1.82, 2.24) is 5.32 Å².